The third kappa shape index (κ3) is 27.1. The van der Waals surface area contributed by atoms with Gasteiger partial charge in [0, 0.05) is 0 Å². The Kier molecular flexibility index (Phi) is 51.8. The van der Waals surface area contributed by atoms with Crippen LogP contribution in [0.15, 0.2) is 35.5 Å². The van der Waals surface area contributed by atoms with Crippen LogP contribution in [-0.4, -0.2) is 6.88 Å². The molecule has 0 amide bonds. The molecule has 0 saturated heterocycles. The molecule has 0 saturated carbocycles. The van der Waals surface area contributed by atoms with Crippen LogP contribution < -0.4 is 0 Å². The van der Waals surface area contributed by atoms with E-state index >= 15 is 0 Å². The molecule has 4 heteroatoms. The first-order chi connectivity index (χ1) is 8.79. The van der Waals surface area contributed by atoms with E-state index in [4.69, 9.17) is 0 Å². The summed E-state index contributed by atoms with van der Waals surface area (Å²) in [5.74, 6) is 0. The van der Waals surface area contributed by atoms with Crippen LogP contribution in [0.2, 0.25) is 0 Å². The van der Waals surface area contributed by atoms with Crippen molar-refractivity contribution in [3.63, 3.8) is 0 Å². The molecule has 0 heterocycles. The molecule has 0 bridgehead atoms. The van der Waals surface area contributed by atoms with Crippen LogP contribution in [0.25, 0.3) is 0 Å². The molecule has 0 radical (unpaired) electrons. The summed E-state index contributed by atoms with van der Waals surface area (Å²) in [6.07, 6.45) is 16.7. The van der Waals surface area contributed by atoms with Crippen LogP contribution in [0, 0.1) is 26.0 Å². The van der Waals surface area contributed by atoms with Gasteiger partial charge in [-0.1, -0.05) is 13.8 Å². The van der Waals surface area contributed by atoms with Gasteiger partial charge in [0.05, 0.1) is 0 Å². The van der Waals surface area contributed by atoms with Crippen molar-refractivity contribution in [2.24, 2.45) is 0 Å². The van der Waals surface area contributed by atoms with E-state index in [9.17, 15) is 0 Å². The first-order valence-corrected chi connectivity index (χ1v) is 12.0. The van der Waals surface area contributed by atoms with Gasteiger partial charge in [-0.25, -0.2) is 23.3 Å². The fourth-order valence-corrected chi connectivity index (χ4v) is 1.03. The van der Waals surface area contributed by atoms with Gasteiger partial charge in [0.1, 0.15) is 0 Å². The Balaban J connectivity index is -0.0000000512. The molecule has 20 heavy (non-hydrogen) atoms. The second-order valence-electron chi connectivity index (χ2n) is 2.93. The van der Waals surface area contributed by atoms with E-state index in [1.165, 1.54) is 11.1 Å². The van der Waals surface area contributed by atoms with Crippen molar-refractivity contribution >= 4 is 31.7 Å². The fraction of sp³-hybridized carbons (Fsp3) is 0.375. The number of rotatable bonds is 0. The third-order valence-corrected chi connectivity index (χ3v) is 1.73. The van der Waals surface area contributed by atoms with Gasteiger partial charge >= 0.3 is 30.2 Å². The third-order valence-electron chi connectivity index (χ3n) is 1.73. The van der Waals surface area contributed by atoms with Crippen LogP contribution in [-0.2, 0) is 23.3 Å². The van der Waals surface area contributed by atoms with Gasteiger partial charge in [-0.05, 0) is 0 Å². The van der Waals surface area contributed by atoms with E-state index in [0.717, 1.165) is 12.8 Å². The van der Waals surface area contributed by atoms with Gasteiger partial charge in [0.2, 0.25) is 0 Å². The van der Waals surface area contributed by atoms with E-state index in [-0.39, 0.29) is 24.8 Å². The molecule has 2 aliphatic carbocycles. The van der Waals surface area contributed by atoms with Crippen LogP contribution in [0.1, 0.15) is 40.5 Å². The first kappa shape index (κ1) is 32.5. The second kappa shape index (κ2) is 31.8. The van der Waals surface area contributed by atoms with Crippen molar-refractivity contribution in [1.82, 2.24) is 0 Å². The van der Waals surface area contributed by atoms with Crippen molar-refractivity contribution in [3.05, 3.63) is 61.4 Å². The molecule has 0 aliphatic heterocycles. The van der Waals surface area contributed by atoms with E-state index < -0.39 is 0 Å². The Bertz CT molecular complexity index is 249. The Morgan fingerprint density at radius 2 is 1.10 bits per heavy atom. The molecule has 0 aromatic carbocycles. The van der Waals surface area contributed by atoms with Gasteiger partial charge in [0.25, 0.3) is 0 Å². The van der Waals surface area contributed by atoms with Crippen LogP contribution in [0.4, 0.5) is 0 Å². The maximum atomic E-state index is 3.25. The van der Waals surface area contributed by atoms with Crippen LogP contribution in [0.5, 0.6) is 0 Å². The molecule has 0 unspecified atom stereocenters. The molecule has 0 atom stereocenters. The average Bonchev–Trinajstić information content (AvgIpc) is 3.11. The van der Waals surface area contributed by atoms with E-state index in [1.807, 2.05) is 6.88 Å². The summed E-state index contributed by atoms with van der Waals surface area (Å²) in [5, 5.41) is 0. The fourth-order valence-electron chi connectivity index (χ4n) is 1.03. The number of allylic oxidation sites excluding steroid dienone is 8. The van der Waals surface area contributed by atoms with E-state index in [1.54, 1.807) is 37.2 Å². The zero-order valence-corrected chi connectivity index (χ0v) is 18.7. The predicted octanol–water partition coefficient (Wildman–Crippen LogP) is 5.00. The summed E-state index contributed by atoms with van der Waals surface area (Å²) in [6, 6.07) is 0. The molecule has 0 spiro atoms. The summed E-state index contributed by atoms with van der Waals surface area (Å²) in [6.45, 7) is 16.1. The standard InChI is InChI=1S/2C6H7.2C2H5.2ClH.H2Si.Zr/c2*1-6-4-2-3-5-6;2*1-2;;;;/h2*2,4H,3H2,1H3;2*1H2,2H3;2*1H;1H2;/q4*-1;;;;. The molecular weight excluding hydrogens is 382 g/mol. The quantitative estimate of drug-likeness (QED) is 0.390. The summed E-state index contributed by atoms with van der Waals surface area (Å²) in [7, 11) is 0. The molecule has 118 valence electrons. The number of hydrogen-bond donors (Lipinski definition) is 0. The van der Waals surface area contributed by atoms with Gasteiger partial charge in [-0.2, -0.15) is 26.0 Å². The van der Waals surface area contributed by atoms with Gasteiger partial charge in [-0.3, -0.25) is 12.2 Å². The minimum atomic E-state index is 0. The molecule has 0 aromatic rings. The molecular formula is C16H28Cl2SiZr-4. The Morgan fingerprint density at radius 3 is 1.15 bits per heavy atom. The molecule has 0 nitrogen and oxygen atoms in total. The first-order valence-electron chi connectivity index (χ1n) is 6.04. The van der Waals surface area contributed by atoms with E-state index in [0.29, 0.717) is 0 Å². The van der Waals surface area contributed by atoms with Crippen molar-refractivity contribution in [2.45, 2.75) is 40.5 Å². The average molecular weight is 411 g/mol. The van der Waals surface area contributed by atoms with Crippen molar-refractivity contribution in [3.8, 4) is 0 Å². The summed E-state index contributed by atoms with van der Waals surface area (Å²) < 4.78 is 0. The normalized spacial score (nSPS) is 11.8. The predicted molar refractivity (Wildman–Crippen MR) is 97.5 cm³/mol. The van der Waals surface area contributed by atoms with Crippen molar-refractivity contribution in [1.29, 1.82) is 0 Å². The minimum absolute atomic E-state index is 0. The number of halogens is 2. The van der Waals surface area contributed by atoms with Gasteiger partial charge in [0.15, 0.2) is 0 Å². The summed E-state index contributed by atoms with van der Waals surface area (Å²) in [5.41, 5.74) is 2.55. The topological polar surface area (TPSA) is 0 Å². The Hall–Kier alpha value is 0.640. The van der Waals surface area contributed by atoms with Crippen molar-refractivity contribution in [2.75, 3.05) is 0 Å². The van der Waals surface area contributed by atoms with E-state index in [2.05, 4.69) is 64.2 Å². The van der Waals surface area contributed by atoms with Gasteiger partial charge in [-0.15, -0.1) is 37.7 Å². The second-order valence-corrected chi connectivity index (χ2v) is 2.93. The maximum absolute atomic E-state index is 3.25. The number of hydrogen-bond acceptors (Lipinski definition) is 0. The SMILES string of the molecule is CC1=[C-]CC=C1.CC1=[C-]CC=C1.Cl.Cl.[CH2-]C.[CH2-]C.[SiH2]=[Zr]. The molecule has 0 aromatic heterocycles. The Labute approximate surface area is 156 Å². The molecule has 0 fully saturated rings. The van der Waals surface area contributed by atoms with Crippen LogP contribution >= 0.6 is 24.8 Å². The molecule has 2 rings (SSSR count). The monoisotopic (exact) mass is 408 g/mol. The summed E-state index contributed by atoms with van der Waals surface area (Å²) in [4.78, 5) is 0. The zero-order chi connectivity index (χ0) is 14.8. The molecule has 2 aliphatic rings. The van der Waals surface area contributed by atoms with Gasteiger partial charge < -0.3 is 13.8 Å². The zero-order valence-electron chi connectivity index (χ0n) is 13.2. The van der Waals surface area contributed by atoms with Crippen LogP contribution in [0.3, 0.4) is 0 Å². The molecule has 0 N–H and O–H groups in total. The Morgan fingerprint density at radius 1 is 0.850 bits per heavy atom. The summed E-state index contributed by atoms with van der Waals surface area (Å²) >= 11 is 1.58. The van der Waals surface area contributed by atoms with Crippen molar-refractivity contribution < 1.29 is 23.3 Å².